The van der Waals surface area contributed by atoms with Gasteiger partial charge in [0.1, 0.15) is 5.15 Å². The Morgan fingerprint density at radius 3 is 3.09 bits per heavy atom. The number of nitrogens with one attached hydrogen (secondary N) is 1. The lowest BCUT2D eigenvalue weighted by molar-refractivity contribution is 0.0917. The van der Waals surface area contributed by atoms with Crippen molar-refractivity contribution >= 4 is 22.5 Å². The molecule has 2 heterocycles. The SMILES string of the molecule is CCN1CC(CC#N)C[C@@H]2c3cccc4[nH]c(Cl)c(c34)C[C@H]21. The second-order valence-corrected chi connectivity index (χ2v) is 6.99. The summed E-state index contributed by atoms with van der Waals surface area (Å²) < 4.78 is 0. The fraction of sp³-hybridized carbons (Fsp3) is 0.500. The van der Waals surface area contributed by atoms with Gasteiger partial charge in [0.05, 0.1) is 6.07 Å². The van der Waals surface area contributed by atoms with Crippen molar-refractivity contribution in [2.75, 3.05) is 13.1 Å². The van der Waals surface area contributed by atoms with E-state index in [-0.39, 0.29) is 0 Å². The van der Waals surface area contributed by atoms with Crippen LogP contribution < -0.4 is 0 Å². The van der Waals surface area contributed by atoms with E-state index in [4.69, 9.17) is 16.9 Å². The van der Waals surface area contributed by atoms with Crippen molar-refractivity contribution in [3.8, 4) is 6.07 Å². The van der Waals surface area contributed by atoms with Gasteiger partial charge in [0, 0.05) is 35.8 Å². The van der Waals surface area contributed by atoms with Gasteiger partial charge in [0.2, 0.25) is 0 Å². The van der Waals surface area contributed by atoms with E-state index < -0.39 is 0 Å². The zero-order valence-electron chi connectivity index (χ0n) is 12.8. The standard InChI is InChI=1S/C18H20ClN3/c1-2-22-10-11(6-7-20)8-13-12-4-3-5-15-17(12)14(9-16(13)22)18(19)21-15/h3-5,11,13,16,21H,2,6,8-10H2,1H3/t11?,13-,16-/m1/s1. The molecule has 1 aromatic heterocycles. The normalized spacial score (nSPS) is 27.6. The van der Waals surface area contributed by atoms with Crippen molar-refractivity contribution < 1.29 is 0 Å². The highest BCUT2D eigenvalue weighted by Crippen LogP contribution is 2.46. The quantitative estimate of drug-likeness (QED) is 0.907. The summed E-state index contributed by atoms with van der Waals surface area (Å²) in [5, 5.41) is 11.2. The minimum Gasteiger partial charge on any atom is -0.345 e. The van der Waals surface area contributed by atoms with Crippen LogP contribution in [0.5, 0.6) is 0 Å². The molecule has 1 aliphatic heterocycles. The van der Waals surface area contributed by atoms with E-state index in [2.05, 4.69) is 41.1 Å². The maximum absolute atomic E-state index is 9.10. The summed E-state index contributed by atoms with van der Waals surface area (Å²) in [6.07, 6.45) is 2.81. The molecule has 0 amide bonds. The summed E-state index contributed by atoms with van der Waals surface area (Å²) in [6.45, 7) is 4.30. The summed E-state index contributed by atoms with van der Waals surface area (Å²) >= 11 is 6.46. The maximum Gasteiger partial charge on any atom is 0.110 e. The van der Waals surface area contributed by atoms with Crippen molar-refractivity contribution in [2.45, 2.75) is 38.1 Å². The maximum atomic E-state index is 9.10. The number of hydrogen-bond donors (Lipinski definition) is 1. The Morgan fingerprint density at radius 1 is 1.45 bits per heavy atom. The van der Waals surface area contributed by atoms with Gasteiger partial charge >= 0.3 is 0 Å². The third-order valence-corrected chi connectivity index (χ3v) is 5.84. The largest absolute Gasteiger partial charge is 0.345 e. The molecule has 1 fully saturated rings. The summed E-state index contributed by atoms with van der Waals surface area (Å²) in [5.41, 5.74) is 3.86. The number of aromatic nitrogens is 1. The Balaban J connectivity index is 1.84. The molecule has 4 heteroatoms. The molecule has 22 heavy (non-hydrogen) atoms. The molecule has 0 saturated carbocycles. The second-order valence-electron chi connectivity index (χ2n) is 6.62. The molecule has 0 bridgehead atoms. The van der Waals surface area contributed by atoms with E-state index in [1.807, 2.05) is 0 Å². The minimum atomic E-state index is 0.484. The van der Waals surface area contributed by atoms with Crippen LogP contribution in [0.4, 0.5) is 0 Å². The van der Waals surface area contributed by atoms with Gasteiger partial charge in [0.15, 0.2) is 0 Å². The molecular weight excluding hydrogens is 294 g/mol. The van der Waals surface area contributed by atoms with Crippen LogP contribution in [0.2, 0.25) is 5.15 Å². The molecule has 1 aromatic carbocycles. The number of likely N-dealkylation sites (tertiary alicyclic amines) is 1. The Morgan fingerprint density at radius 2 is 2.32 bits per heavy atom. The highest BCUT2D eigenvalue weighted by molar-refractivity contribution is 6.32. The number of halogens is 1. The molecule has 4 rings (SSSR count). The van der Waals surface area contributed by atoms with Crippen LogP contribution in [0, 0.1) is 17.2 Å². The molecule has 3 atom stereocenters. The molecule has 1 unspecified atom stereocenters. The molecule has 2 aromatic rings. The van der Waals surface area contributed by atoms with Gasteiger partial charge in [-0.25, -0.2) is 0 Å². The van der Waals surface area contributed by atoms with E-state index in [0.717, 1.165) is 36.6 Å². The first-order valence-electron chi connectivity index (χ1n) is 8.12. The molecule has 1 aliphatic carbocycles. The second kappa shape index (κ2) is 5.30. The number of piperidine rings is 1. The molecule has 1 N–H and O–H groups in total. The average Bonchev–Trinajstić information content (AvgIpc) is 2.85. The zero-order chi connectivity index (χ0) is 15.3. The monoisotopic (exact) mass is 313 g/mol. The number of rotatable bonds is 2. The van der Waals surface area contributed by atoms with Crippen molar-refractivity contribution in [3.63, 3.8) is 0 Å². The van der Waals surface area contributed by atoms with Crippen molar-refractivity contribution in [3.05, 3.63) is 34.5 Å². The third-order valence-electron chi connectivity index (χ3n) is 5.52. The molecule has 2 aliphatic rings. The predicted molar refractivity (Wildman–Crippen MR) is 89.1 cm³/mol. The number of hydrogen-bond acceptors (Lipinski definition) is 2. The van der Waals surface area contributed by atoms with E-state index in [0.29, 0.717) is 24.3 Å². The van der Waals surface area contributed by atoms with Gasteiger partial charge in [0.25, 0.3) is 0 Å². The molecule has 0 radical (unpaired) electrons. The number of nitriles is 1. The van der Waals surface area contributed by atoms with Gasteiger partial charge < -0.3 is 4.98 Å². The number of benzene rings is 1. The first-order valence-corrected chi connectivity index (χ1v) is 8.50. The van der Waals surface area contributed by atoms with Gasteiger partial charge in [-0.2, -0.15) is 5.26 Å². The lowest BCUT2D eigenvalue weighted by Gasteiger charge is -2.46. The van der Waals surface area contributed by atoms with E-state index >= 15 is 0 Å². The highest BCUT2D eigenvalue weighted by atomic mass is 35.5. The molecule has 0 spiro atoms. The lowest BCUT2D eigenvalue weighted by atomic mass is 9.72. The van der Waals surface area contributed by atoms with Crippen LogP contribution in [0.3, 0.4) is 0 Å². The van der Waals surface area contributed by atoms with Gasteiger partial charge in [-0.05, 0) is 42.5 Å². The van der Waals surface area contributed by atoms with Crippen LogP contribution in [0.1, 0.15) is 36.8 Å². The van der Waals surface area contributed by atoms with Gasteiger partial charge in [-0.15, -0.1) is 0 Å². The Labute approximate surface area is 135 Å². The first kappa shape index (κ1) is 14.1. The molecule has 114 valence electrons. The molecule has 3 nitrogen and oxygen atoms in total. The van der Waals surface area contributed by atoms with E-state index in [1.165, 1.54) is 16.5 Å². The van der Waals surface area contributed by atoms with E-state index in [9.17, 15) is 0 Å². The summed E-state index contributed by atoms with van der Waals surface area (Å²) in [6, 6.07) is 9.39. The Hall–Kier alpha value is -1.50. The average molecular weight is 314 g/mol. The predicted octanol–water partition coefficient (Wildman–Crippen LogP) is 4.09. The smallest absolute Gasteiger partial charge is 0.110 e. The number of fused-ring (bicyclic) bond motifs is 2. The number of aromatic amines is 1. The third kappa shape index (κ3) is 1.98. The number of H-pyrrole nitrogens is 1. The topological polar surface area (TPSA) is 42.8 Å². The van der Waals surface area contributed by atoms with E-state index in [1.54, 1.807) is 0 Å². The number of nitrogens with zero attached hydrogens (tertiary/aromatic N) is 2. The van der Waals surface area contributed by atoms with Crippen LogP contribution in [-0.2, 0) is 6.42 Å². The molecule has 1 saturated heterocycles. The number of likely N-dealkylation sites (N-methyl/N-ethyl adjacent to an activating group) is 1. The van der Waals surface area contributed by atoms with Gasteiger partial charge in [-0.1, -0.05) is 30.7 Å². The van der Waals surface area contributed by atoms with Crippen molar-refractivity contribution in [1.29, 1.82) is 5.26 Å². The van der Waals surface area contributed by atoms with Crippen molar-refractivity contribution in [2.24, 2.45) is 5.92 Å². The molecular formula is C18H20ClN3. The highest BCUT2D eigenvalue weighted by Gasteiger charge is 2.40. The van der Waals surface area contributed by atoms with Gasteiger partial charge in [-0.3, -0.25) is 4.90 Å². The Bertz CT molecular complexity index is 758. The zero-order valence-corrected chi connectivity index (χ0v) is 13.5. The summed E-state index contributed by atoms with van der Waals surface area (Å²) in [5.74, 6) is 1.01. The first-order chi connectivity index (χ1) is 10.7. The van der Waals surface area contributed by atoms with Crippen LogP contribution in [0.25, 0.3) is 10.9 Å². The Kier molecular flexibility index (Phi) is 3.40. The van der Waals surface area contributed by atoms with Crippen LogP contribution >= 0.6 is 11.6 Å². The fourth-order valence-corrected chi connectivity index (χ4v) is 4.86. The van der Waals surface area contributed by atoms with Crippen LogP contribution in [-0.4, -0.2) is 29.0 Å². The lowest BCUT2D eigenvalue weighted by Crippen LogP contribution is -2.49. The summed E-state index contributed by atoms with van der Waals surface area (Å²) in [7, 11) is 0. The minimum absolute atomic E-state index is 0.484. The fourth-order valence-electron chi connectivity index (χ4n) is 4.58. The summed E-state index contributed by atoms with van der Waals surface area (Å²) in [4.78, 5) is 5.89. The van der Waals surface area contributed by atoms with Crippen molar-refractivity contribution in [1.82, 2.24) is 9.88 Å². The van der Waals surface area contributed by atoms with Crippen LogP contribution in [0.15, 0.2) is 18.2 Å².